The Balaban J connectivity index is 1.83. The van der Waals surface area contributed by atoms with Gasteiger partial charge in [0.25, 0.3) is 5.91 Å². The largest absolute Gasteiger partial charge is 0.361 e. The van der Waals surface area contributed by atoms with E-state index >= 15 is 0 Å². The molecule has 0 aliphatic heterocycles. The molecule has 0 fully saturated rings. The standard InChI is InChI=1S/C21H20FN3O2/c1-3-15-4-8-17(9-5-15)23-13-19(20-12-14(2)25-27-20)21(26)24-18-10-6-16(22)7-11-18/h4-13,23H,3H2,1-2H3,(H,24,26)/b19-13+. The Kier molecular flexibility index (Phi) is 5.66. The molecule has 3 rings (SSSR count). The van der Waals surface area contributed by atoms with Gasteiger partial charge in [-0.1, -0.05) is 24.2 Å². The van der Waals surface area contributed by atoms with Crippen molar-refractivity contribution >= 4 is 22.9 Å². The molecule has 1 heterocycles. The third kappa shape index (κ3) is 4.82. The number of halogens is 1. The summed E-state index contributed by atoms with van der Waals surface area (Å²) < 4.78 is 18.3. The molecule has 0 radical (unpaired) electrons. The second-order valence-electron chi connectivity index (χ2n) is 6.05. The van der Waals surface area contributed by atoms with Crippen molar-refractivity contribution in [3.05, 3.63) is 83.6 Å². The van der Waals surface area contributed by atoms with Gasteiger partial charge in [0.2, 0.25) is 0 Å². The fourth-order valence-corrected chi connectivity index (χ4v) is 2.46. The Morgan fingerprint density at radius 3 is 2.37 bits per heavy atom. The fourth-order valence-electron chi connectivity index (χ4n) is 2.46. The molecule has 0 unspecified atom stereocenters. The molecule has 27 heavy (non-hydrogen) atoms. The molecule has 6 heteroatoms. The van der Waals surface area contributed by atoms with Gasteiger partial charge in [-0.3, -0.25) is 4.79 Å². The predicted octanol–water partition coefficient (Wildman–Crippen LogP) is 4.78. The normalized spacial score (nSPS) is 11.3. The molecular weight excluding hydrogens is 345 g/mol. The second kappa shape index (κ2) is 8.31. The van der Waals surface area contributed by atoms with Gasteiger partial charge in [-0.05, 0) is 55.3 Å². The Hall–Kier alpha value is -3.41. The van der Waals surface area contributed by atoms with Gasteiger partial charge < -0.3 is 15.2 Å². The van der Waals surface area contributed by atoms with Crippen molar-refractivity contribution in [1.29, 1.82) is 0 Å². The van der Waals surface area contributed by atoms with Crippen LogP contribution in [0.1, 0.15) is 23.9 Å². The van der Waals surface area contributed by atoms with Crippen LogP contribution < -0.4 is 10.6 Å². The van der Waals surface area contributed by atoms with Crippen LogP contribution in [0.5, 0.6) is 0 Å². The van der Waals surface area contributed by atoms with Crippen molar-refractivity contribution in [2.45, 2.75) is 20.3 Å². The van der Waals surface area contributed by atoms with Crippen molar-refractivity contribution in [3.63, 3.8) is 0 Å². The van der Waals surface area contributed by atoms with Crippen molar-refractivity contribution < 1.29 is 13.7 Å². The number of hydrogen-bond donors (Lipinski definition) is 2. The first-order valence-corrected chi connectivity index (χ1v) is 8.61. The number of aryl methyl sites for hydroxylation is 2. The zero-order valence-electron chi connectivity index (χ0n) is 15.1. The second-order valence-corrected chi connectivity index (χ2v) is 6.05. The minimum atomic E-state index is -0.393. The number of nitrogens with zero attached hydrogens (tertiary/aromatic N) is 1. The maximum Gasteiger partial charge on any atom is 0.261 e. The smallest absolute Gasteiger partial charge is 0.261 e. The quantitative estimate of drug-likeness (QED) is 0.617. The Morgan fingerprint density at radius 1 is 1.11 bits per heavy atom. The third-order valence-corrected chi connectivity index (χ3v) is 3.99. The maximum atomic E-state index is 13.1. The molecule has 2 N–H and O–H groups in total. The highest BCUT2D eigenvalue weighted by Gasteiger charge is 2.17. The van der Waals surface area contributed by atoms with Crippen LogP contribution in [0.4, 0.5) is 15.8 Å². The van der Waals surface area contributed by atoms with Crippen molar-refractivity contribution in [2.75, 3.05) is 10.6 Å². The first-order chi connectivity index (χ1) is 13.0. The highest BCUT2D eigenvalue weighted by Crippen LogP contribution is 2.20. The summed E-state index contributed by atoms with van der Waals surface area (Å²) in [6, 6.07) is 15.2. The molecule has 3 aromatic rings. The molecule has 0 saturated carbocycles. The van der Waals surface area contributed by atoms with Crippen LogP contribution in [-0.2, 0) is 11.2 Å². The Morgan fingerprint density at radius 2 is 1.78 bits per heavy atom. The van der Waals surface area contributed by atoms with Gasteiger partial charge in [0.05, 0.1) is 5.69 Å². The lowest BCUT2D eigenvalue weighted by Crippen LogP contribution is -2.14. The van der Waals surface area contributed by atoms with Crippen LogP contribution in [0.2, 0.25) is 0 Å². The van der Waals surface area contributed by atoms with Crippen LogP contribution in [-0.4, -0.2) is 11.1 Å². The number of amides is 1. The Labute approximate surface area is 156 Å². The number of hydrogen-bond acceptors (Lipinski definition) is 4. The van der Waals surface area contributed by atoms with Crippen molar-refractivity contribution in [2.24, 2.45) is 0 Å². The summed E-state index contributed by atoms with van der Waals surface area (Å²) in [5.74, 6) is -0.424. The lowest BCUT2D eigenvalue weighted by Gasteiger charge is -2.08. The van der Waals surface area contributed by atoms with Gasteiger partial charge in [-0.2, -0.15) is 0 Å². The predicted molar refractivity (Wildman–Crippen MR) is 104 cm³/mol. The minimum absolute atomic E-state index is 0.277. The van der Waals surface area contributed by atoms with E-state index in [2.05, 4.69) is 22.7 Å². The zero-order chi connectivity index (χ0) is 19.2. The number of carbonyl (C=O) groups is 1. The molecule has 0 bridgehead atoms. The molecule has 0 saturated heterocycles. The highest BCUT2D eigenvalue weighted by molar-refractivity contribution is 6.24. The third-order valence-electron chi connectivity index (χ3n) is 3.99. The summed E-state index contributed by atoms with van der Waals surface area (Å²) in [4.78, 5) is 12.7. The number of nitrogens with one attached hydrogen (secondary N) is 2. The number of carbonyl (C=O) groups excluding carboxylic acids is 1. The van der Waals surface area contributed by atoms with Crippen molar-refractivity contribution in [3.8, 4) is 0 Å². The first-order valence-electron chi connectivity index (χ1n) is 8.61. The number of anilines is 2. The summed E-state index contributed by atoms with van der Waals surface area (Å²) in [6.45, 7) is 3.87. The summed E-state index contributed by atoms with van der Waals surface area (Å²) in [7, 11) is 0. The van der Waals surface area contributed by atoms with Gasteiger partial charge in [-0.25, -0.2) is 4.39 Å². The van der Waals surface area contributed by atoms with Gasteiger partial charge in [-0.15, -0.1) is 0 Å². The van der Waals surface area contributed by atoms with E-state index in [4.69, 9.17) is 4.52 Å². The summed E-state index contributed by atoms with van der Waals surface area (Å²) in [5, 5.41) is 9.68. The molecule has 138 valence electrons. The van der Waals surface area contributed by atoms with Crippen molar-refractivity contribution in [1.82, 2.24) is 5.16 Å². The van der Waals surface area contributed by atoms with Gasteiger partial charge >= 0.3 is 0 Å². The van der Waals surface area contributed by atoms with E-state index in [0.717, 1.165) is 12.1 Å². The highest BCUT2D eigenvalue weighted by atomic mass is 19.1. The number of aromatic nitrogens is 1. The van der Waals surface area contributed by atoms with Crippen LogP contribution in [0.25, 0.3) is 5.57 Å². The minimum Gasteiger partial charge on any atom is -0.361 e. The van der Waals surface area contributed by atoms with E-state index in [1.165, 1.54) is 29.8 Å². The summed E-state index contributed by atoms with van der Waals surface area (Å²) in [5.41, 5.74) is 3.49. The van der Waals surface area contributed by atoms with E-state index in [-0.39, 0.29) is 11.4 Å². The van der Waals surface area contributed by atoms with E-state index in [1.54, 1.807) is 19.2 Å². The summed E-state index contributed by atoms with van der Waals surface area (Å²) >= 11 is 0. The van der Waals surface area contributed by atoms with Gasteiger partial charge in [0, 0.05) is 23.6 Å². The monoisotopic (exact) mass is 365 g/mol. The van der Waals surface area contributed by atoms with E-state index in [9.17, 15) is 9.18 Å². The molecule has 1 aromatic heterocycles. The van der Waals surface area contributed by atoms with Gasteiger partial charge in [0.15, 0.2) is 5.76 Å². The maximum absolute atomic E-state index is 13.1. The lowest BCUT2D eigenvalue weighted by molar-refractivity contribution is -0.111. The molecule has 0 aliphatic rings. The average Bonchev–Trinajstić information content (AvgIpc) is 3.10. The fraction of sp³-hybridized carbons (Fsp3) is 0.143. The van der Waals surface area contributed by atoms with Crippen LogP contribution in [0, 0.1) is 12.7 Å². The SMILES string of the molecule is CCc1ccc(N/C=C(/C(=O)Nc2ccc(F)cc2)c2cc(C)no2)cc1. The number of benzene rings is 2. The molecule has 0 spiro atoms. The molecule has 1 amide bonds. The zero-order valence-corrected chi connectivity index (χ0v) is 15.1. The van der Waals surface area contributed by atoms with E-state index < -0.39 is 5.91 Å². The summed E-state index contributed by atoms with van der Waals surface area (Å²) in [6.07, 6.45) is 2.53. The van der Waals surface area contributed by atoms with Crippen LogP contribution >= 0.6 is 0 Å². The number of rotatable bonds is 6. The molecule has 2 aromatic carbocycles. The lowest BCUT2D eigenvalue weighted by atomic mass is 10.1. The topological polar surface area (TPSA) is 67.2 Å². The molecular formula is C21H20FN3O2. The molecule has 0 aliphatic carbocycles. The van der Waals surface area contributed by atoms with Crippen LogP contribution in [0.3, 0.4) is 0 Å². The molecule has 0 atom stereocenters. The average molecular weight is 365 g/mol. The van der Waals surface area contributed by atoms with E-state index in [1.807, 2.05) is 24.3 Å². The van der Waals surface area contributed by atoms with Gasteiger partial charge in [0.1, 0.15) is 11.4 Å². The molecule has 5 nitrogen and oxygen atoms in total. The van der Waals surface area contributed by atoms with Crippen LogP contribution in [0.15, 0.2) is 65.3 Å². The first kappa shape index (κ1) is 18.4. The Bertz CT molecular complexity index is 944. The van der Waals surface area contributed by atoms with E-state index in [0.29, 0.717) is 17.1 Å².